The van der Waals surface area contributed by atoms with Gasteiger partial charge in [-0.3, -0.25) is 5.10 Å². The van der Waals surface area contributed by atoms with Crippen LogP contribution in [0.5, 0.6) is 0 Å². The summed E-state index contributed by atoms with van der Waals surface area (Å²) in [5, 5.41) is 6.08. The molecular formula is C11H13ClFN5O2S. The van der Waals surface area contributed by atoms with Crippen molar-refractivity contribution < 1.29 is 12.8 Å². The Hall–Kier alpha value is -1.71. The van der Waals surface area contributed by atoms with Gasteiger partial charge < -0.3 is 5.73 Å². The first kappa shape index (κ1) is 15.7. The second-order valence-corrected chi connectivity index (χ2v) is 6.83. The minimum absolute atomic E-state index is 0.0575. The molecule has 7 nitrogen and oxygen atoms in total. The van der Waals surface area contributed by atoms with Gasteiger partial charge in [-0.25, -0.2) is 17.8 Å². The number of nitrogens with one attached hydrogen (secondary N) is 1. The number of benzene rings is 1. The van der Waals surface area contributed by atoms with Crippen molar-refractivity contribution in [3.8, 4) is 0 Å². The van der Waals surface area contributed by atoms with Crippen molar-refractivity contribution in [2.24, 2.45) is 0 Å². The van der Waals surface area contributed by atoms with Crippen molar-refractivity contribution in [1.29, 1.82) is 0 Å². The smallest absolute Gasteiger partial charge is 0.246 e. The Morgan fingerprint density at radius 3 is 2.71 bits per heavy atom. The topological polar surface area (TPSA) is 105 Å². The molecule has 0 radical (unpaired) electrons. The van der Waals surface area contributed by atoms with Crippen LogP contribution in [0.1, 0.15) is 11.6 Å². The largest absolute Gasteiger partial charge is 0.399 e. The van der Waals surface area contributed by atoms with Crippen LogP contribution in [0.3, 0.4) is 0 Å². The van der Waals surface area contributed by atoms with Crippen LogP contribution >= 0.6 is 11.6 Å². The molecule has 114 valence electrons. The molecule has 1 aromatic carbocycles. The summed E-state index contributed by atoms with van der Waals surface area (Å²) in [4.78, 5) is 3.42. The predicted octanol–water partition coefficient (Wildman–Crippen LogP) is 1.31. The lowest BCUT2D eigenvalue weighted by molar-refractivity contribution is 0.451. The summed E-state index contributed by atoms with van der Waals surface area (Å²) in [5.74, 6) is -0.216. The van der Waals surface area contributed by atoms with Gasteiger partial charge in [-0.15, -0.1) is 0 Å². The van der Waals surface area contributed by atoms with Gasteiger partial charge in [0.15, 0.2) is 11.6 Å². The number of halogens is 2. The molecule has 2 rings (SSSR count). The maximum Gasteiger partial charge on any atom is 0.246 e. The van der Waals surface area contributed by atoms with E-state index in [1.807, 2.05) is 0 Å². The van der Waals surface area contributed by atoms with Crippen molar-refractivity contribution in [1.82, 2.24) is 19.5 Å². The third-order valence-corrected chi connectivity index (χ3v) is 4.79. The van der Waals surface area contributed by atoms with Gasteiger partial charge in [0, 0.05) is 12.7 Å². The third kappa shape index (κ3) is 3.14. The fraction of sp³-hybridized carbons (Fsp3) is 0.273. The maximum absolute atomic E-state index is 13.9. The SMILES string of the molecule is Cc1nc(CN(C)S(=O)(=O)c2cc(N)cc(Cl)c2F)n[nH]1. The van der Waals surface area contributed by atoms with Gasteiger partial charge >= 0.3 is 0 Å². The first-order chi connectivity index (χ1) is 9.71. The van der Waals surface area contributed by atoms with Crippen LogP contribution in [0, 0.1) is 12.7 Å². The number of hydrogen-bond acceptors (Lipinski definition) is 5. The van der Waals surface area contributed by atoms with E-state index in [0.29, 0.717) is 5.82 Å². The number of hydrogen-bond donors (Lipinski definition) is 2. The van der Waals surface area contributed by atoms with E-state index in [0.717, 1.165) is 16.4 Å². The number of aryl methyl sites for hydroxylation is 1. The molecule has 21 heavy (non-hydrogen) atoms. The van der Waals surface area contributed by atoms with E-state index < -0.39 is 20.7 Å². The zero-order valence-electron chi connectivity index (χ0n) is 11.3. The predicted molar refractivity (Wildman–Crippen MR) is 75.6 cm³/mol. The average molecular weight is 334 g/mol. The highest BCUT2D eigenvalue weighted by molar-refractivity contribution is 7.89. The fourth-order valence-corrected chi connectivity index (χ4v) is 3.21. The van der Waals surface area contributed by atoms with E-state index in [1.54, 1.807) is 6.92 Å². The summed E-state index contributed by atoms with van der Waals surface area (Å²) < 4.78 is 39.6. The highest BCUT2D eigenvalue weighted by atomic mass is 35.5. The Balaban J connectivity index is 2.37. The van der Waals surface area contributed by atoms with Gasteiger partial charge in [-0.2, -0.15) is 9.40 Å². The molecule has 3 N–H and O–H groups in total. The molecule has 1 heterocycles. The number of aromatic nitrogens is 3. The van der Waals surface area contributed by atoms with E-state index in [1.165, 1.54) is 7.05 Å². The van der Waals surface area contributed by atoms with Crippen LogP contribution in [-0.4, -0.2) is 35.0 Å². The molecule has 0 saturated heterocycles. The molecule has 0 saturated carbocycles. The van der Waals surface area contributed by atoms with Gasteiger partial charge in [0.05, 0.1) is 11.6 Å². The minimum atomic E-state index is -4.10. The van der Waals surface area contributed by atoms with Crippen LogP contribution in [0.4, 0.5) is 10.1 Å². The Morgan fingerprint density at radius 2 is 2.14 bits per heavy atom. The zero-order chi connectivity index (χ0) is 15.8. The second-order valence-electron chi connectivity index (χ2n) is 4.41. The number of nitrogens with two attached hydrogens (primary N) is 1. The van der Waals surface area contributed by atoms with Crippen LogP contribution in [-0.2, 0) is 16.6 Å². The normalized spacial score (nSPS) is 12.0. The van der Waals surface area contributed by atoms with Gasteiger partial charge in [0.25, 0.3) is 0 Å². The van der Waals surface area contributed by atoms with Crippen LogP contribution < -0.4 is 5.73 Å². The summed E-state index contributed by atoms with van der Waals surface area (Å²) in [7, 11) is -2.81. The van der Waals surface area contributed by atoms with Gasteiger partial charge in [-0.05, 0) is 19.1 Å². The van der Waals surface area contributed by atoms with Crippen LogP contribution in [0.15, 0.2) is 17.0 Å². The Kier molecular flexibility index (Phi) is 4.17. The molecule has 0 atom stereocenters. The summed E-state index contributed by atoms with van der Waals surface area (Å²) >= 11 is 5.63. The highest BCUT2D eigenvalue weighted by Crippen LogP contribution is 2.27. The summed E-state index contributed by atoms with van der Waals surface area (Å²) in [5.41, 5.74) is 5.57. The molecule has 0 spiro atoms. The summed E-state index contributed by atoms with van der Waals surface area (Å²) in [6.45, 7) is 1.57. The molecule has 0 unspecified atom stereocenters. The number of rotatable bonds is 4. The van der Waals surface area contributed by atoms with E-state index >= 15 is 0 Å². The van der Waals surface area contributed by atoms with E-state index in [-0.39, 0.29) is 23.1 Å². The van der Waals surface area contributed by atoms with Crippen molar-refractivity contribution in [3.05, 3.63) is 34.6 Å². The lowest BCUT2D eigenvalue weighted by atomic mass is 10.3. The molecule has 0 aliphatic rings. The van der Waals surface area contributed by atoms with Gasteiger partial charge in [0.2, 0.25) is 10.0 Å². The minimum Gasteiger partial charge on any atom is -0.399 e. The number of H-pyrrole nitrogens is 1. The Morgan fingerprint density at radius 1 is 1.48 bits per heavy atom. The molecule has 0 fully saturated rings. The molecule has 0 aliphatic carbocycles. The van der Waals surface area contributed by atoms with Crippen molar-refractivity contribution in [2.75, 3.05) is 12.8 Å². The van der Waals surface area contributed by atoms with Crippen molar-refractivity contribution in [3.63, 3.8) is 0 Å². The Labute approximate surface area is 126 Å². The number of aromatic amines is 1. The number of nitrogen functional groups attached to an aromatic ring is 1. The molecule has 10 heteroatoms. The maximum atomic E-state index is 13.9. The van der Waals surface area contributed by atoms with E-state index in [9.17, 15) is 12.8 Å². The van der Waals surface area contributed by atoms with E-state index in [4.69, 9.17) is 17.3 Å². The molecule has 1 aromatic heterocycles. The van der Waals surface area contributed by atoms with Crippen molar-refractivity contribution in [2.45, 2.75) is 18.4 Å². The summed E-state index contributed by atoms with van der Waals surface area (Å²) in [6.07, 6.45) is 0. The fourth-order valence-electron chi connectivity index (χ4n) is 1.68. The first-order valence-electron chi connectivity index (χ1n) is 5.80. The number of sulfonamides is 1. The zero-order valence-corrected chi connectivity index (χ0v) is 12.8. The molecule has 0 amide bonds. The lowest BCUT2D eigenvalue weighted by Gasteiger charge is -2.16. The third-order valence-electron chi connectivity index (χ3n) is 2.71. The summed E-state index contributed by atoms with van der Waals surface area (Å²) in [6, 6.07) is 2.17. The average Bonchev–Trinajstić information content (AvgIpc) is 2.79. The lowest BCUT2D eigenvalue weighted by Crippen LogP contribution is -2.28. The molecular weight excluding hydrogens is 321 g/mol. The Bertz CT molecular complexity index is 777. The first-order valence-corrected chi connectivity index (χ1v) is 7.62. The standard InChI is InChI=1S/C11H13ClFN5O2S/c1-6-15-10(17-16-6)5-18(2)21(19,20)9-4-7(14)3-8(12)11(9)13/h3-4H,5,14H2,1-2H3,(H,15,16,17). The molecule has 2 aromatic rings. The van der Waals surface area contributed by atoms with Crippen LogP contribution in [0.25, 0.3) is 0 Å². The quantitative estimate of drug-likeness (QED) is 0.821. The highest BCUT2D eigenvalue weighted by Gasteiger charge is 2.27. The van der Waals surface area contributed by atoms with Gasteiger partial charge in [-0.1, -0.05) is 11.6 Å². The molecule has 0 bridgehead atoms. The number of nitrogens with zero attached hydrogens (tertiary/aromatic N) is 3. The molecule has 0 aliphatic heterocycles. The second kappa shape index (κ2) is 5.58. The number of anilines is 1. The monoisotopic (exact) mass is 333 g/mol. The van der Waals surface area contributed by atoms with Gasteiger partial charge in [0.1, 0.15) is 10.7 Å². The van der Waals surface area contributed by atoms with Crippen LogP contribution in [0.2, 0.25) is 5.02 Å². The van der Waals surface area contributed by atoms with E-state index in [2.05, 4.69) is 15.2 Å². The van der Waals surface area contributed by atoms with Crippen molar-refractivity contribution >= 4 is 27.3 Å².